The second kappa shape index (κ2) is 14.5. The molecule has 2 amide bonds. The number of benzene rings is 1. The molecule has 2 aromatic heterocycles. The highest BCUT2D eigenvalue weighted by Crippen LogP contribution is 2.34. The number of halogens is 2. The van der Waals surface area contributed by atoms with Gasteiger partial charge in [-0.3, -0.25) is 19.6 Å². The third kappa shape index (κ3) is 7.69. The zero-order chi connectivity index (χ0) is 32.2. The van der Waals surface area contributed by atoms with Gasteiger partial charge in [0.15, 0.2) is 5.75 Å². The Hall–Kier alpha value is -3.56. The summed E-state index contributed by atoms with van der Waals surface area (Å²) in [6.45, 7) is 1.42. The van der Waals surface area contributed by atoms with Crippen molar-refractivity contribution in [2.45, 2.75) is 69.4 Å². The largest absolute Gasteiger partial charge is 0.432 e. The van der Waals surface area contributed by atoms with Gasteiger partial charge in [0.1, 0.15) is 0 Å². The molecule has 2 unspecified atom stereocenters. The summed E-state index contributed by atoms with van der Waals surface area (Å²) in [6, 6.07) is 6.57. The quantitative estimate of drug-likeness (QED) is 0.298. The van der Waals surface area contributed by atoms with Crippen LogP contribution >= 0.6 is 0 Å². The fourth-order valence-corrected chi connectivity index (χ4v) is 7.99. The molecule has 0 saturated carbocycles. The highest BCUT2D eigenvalue weighted by molar-refractivity contribution is 7.82. The van der Waals surface area contributed by atoms with Crippen LogP contribution in [0, 0.1) is 0 Å². The van der Waals surface area contributed by atoms with Gasteiger partial charge in [-0.25, -0.2) is 18.5 Å². The molecule has 6 rings (SSSR count). The Labute approximate surface area is 268 Å². The summed E-state index contributed by atoms with van der Waals surface area (Å²) >= 11 is 0. The maximum atomic E-state index is 13.0. The average Bonchev–Trinajstić information content (AvgIpc) is 3.37. The molecule has 0 radical (unpaired) electrons. The highest BCUT2D eigenvalue weighted by Gasteiger charge is 2.32. The Balaban J connectivity index is 0.914. The molecule has 248 valence electrons. The number of alkyl halides is 2. The number of nitrogens with one attached hydrogen (secondary N) is 2. The first kappa shape index (κ1) is 32.4. The molecule has 0 aliphatic carbocycles. The molecule has 3 aliphatic rings. The topological polar surface area (TPSA) is 135 Å². The maximum absolute atomic E-state index is 13.0. The Morgan fingerprint density at radius 1 is 1.07 bits per heavy atom. The van der Waals surface area contributed by atoms with E-state index in [0.717, 1.165) is 68.3 Å². The molecule has 2 N–H and O–H groups in total. The van der Waals surface area contributed by atoms with E-state index in [2.05, 4.69) is 53.5 Å². The van der Waals surface area contributed by atoms with E-state index in [1.807, 2.05) is 16.0 Å². The van der Waals surface area contributed by atoms with E-state index in [9.17, 15) is 22.6 Å². The van der Waals surface area contributed by atoms with E-state index in [1.54, 1.807) is 0 Å². The fraction of sp³-hybridized carbons (Fsp3) is 0.581. The van der Waals surface area contributed by atoms with Gasteiger partial charge in [-0.1, -0.05) is 12.1 Å². The second-order valence-corrected chi connectivity index (χ2v) is 13.8. The molecule has 3 saturated heterocycles. The Morgan fingerprint density at radius 3 is 2.50 bits per heavy atom. The number of fused-ring (bicyclic) bond motifs is 1. The minimum absolute atomic E-state index is 0.0822. The van der Waals surface area contributed by atoms with Gasteiger partial charge in [0, 0.05) is 43.7 Å². The predicted molar refractivity (Wildman–Crippen MR) is 169 cm³/mol. The van der Waals surface area contributed by atoms with Crippen LogP contribution in [0.2, 0.25) is 0 Å². The summed E-state index contributed by atoms with van der Waals surface area (Å²) < 4.78 is 45.8. The maximum Gasteiger partial charge on any atom is 0.387 e. The van der Waals surface area contributed by atoms with Crippen molar-refractivity contribution in [3.63, 3.8) is 0 Å². The Kier molecular flexibility index (Phi) is 10.2. The number of carbonyl (C=O) groups excluding carboxylic acids is 2. The number of amides is 2. The SMILES string of the molecule is Cn1nc(C2CCC(=O)NC2=O)c2ccc(C3CCN(CCCS(=O)N4CCC(Nc5ncc(OC(F)F)cn5)CC4)CC3)cc21. The second-order valence-electron chi connectivity index (χ2n) is 12.3. The van der Waals surface area contributed by atoms with E-state index < -0.39 is 23.5 Å². The number of anilines is 1. The van der Waals surface area contributed by atoms with Gasteiger partial charge in [0.2, 0.25) is 17.8 Å². The Morgan fingerprint density at radius 2 is 1.80 bits per heavy atom. The van der Waals surface area contributed by atoms with Crippen molar-refractivity contribution in [3.05, 3.63) is 41.9 Å². The van der Waals surface area contributed by atoms with Gasteiger partial charge < -0.3 is 15.0 Å². The third-order valence-electron chi connectivity index (χ3n) is 9.25. The van der Waals surface area contributed by atoms with Gasteiger partial charge in [0.05, 0.1) is 40.5 Å². The van der Waals surface area contributed by atoms with Crippen molar-refractivity contribution in [1.29, 1.82) is 0 Å². The number of carbonyl (C=O) groups is 2. The van der Waals surface area contributed by atoms with Crippen LogP contribution in [0.25, 0.3) is 10.9 Å². The first-order valence-corrected chi connectivity index (χ1v) is 17.2. The number of rotatable bonds is 11. The number of ether oxygens (including phenoxy) is 1. The van der Waals surface area contributed by atoms with Crippen molar-refractivity contribution in [2.24, 2.45) is 7.05 Å². The lowest BCUT2D eigenvalue weighted by molar-refractivity contribution is -0.134. The summed E-state index contributed by atoms with van der Waals surface area (Å²) in [5.74, 6) is 0.477. The third-order valence-corrected chi connectivity index (χ3v) is 10.8. The van der Waals surface area contributed by atoms with Crippen LogP contribution in [-0.2, 0) is 27.6 Å². The number of imide groups is 1. The monoisotopic (exact) mass is 658 g/mol. The molecule has 5 heterocycles. The van der Waals surface area contributed by atoms with E-state index in [0.29, 0.717) is 43.6 Å². The van der Waals surface area contributed by atoms with Crippen LogP contribution in [0.4, 0.5) is 14.7 Å². The lowest BCUT2D eigenvalue weighted by Gasteiger charge is -2.33. The molecule has 15 heteroatoms. The van der Waals surface area contributed by atoms with Gasteiger partial charge in [-0.15, -0.1) is 0 Å². The molecule has 0 bridgehead atoms. The minimum atomic E-state index is -2.91. The molecule has 3 aromatic rings. The predicted octanol–water partition coefficient (Wildman–Crippen LogP) is 3.29. The summed E-state index contributed by atoms with van der Waals surface area (Å²) in [5.41, 5.74) is 3.03. The van der Waals surface area contributed by atoms with Crippen molar-refractivity contribution in [3.8, 4) is 5.75 Å². The Bertz CT molecular complexity index is 1560. The number of aryl methyl sites for hydroxylation is 1. The molecule has 0 spiro atoms. The number of hydrogen-bond donors (Lipinski definition) is 2. The minimum Gasteiger partial charge on any atom is -0.432 e. The highest BCUT2D eigenvalue weighted by atomic mass is 32.2. The zero-order valence-corrected chi connectivity index (χ0v) is 26.7. The number of nitrogens with zero attached hydrogens (tertiary/aromatic N) is 6. The van der Waals surface area contributed by atoms with Crippen LogP contribution in [0.3, 0.4) is 0 Å². The van der Waals surface area contributed by atoms with Crippen molar-refractivity contribution in [1.82, 2.24) is 34.3 Å². The molecule has 3 fully saturated rings. The van der Waals surface area contributed by atoms with Crippen LogP contribution in [0.5, 0.6) is 5.75 Å². The molecule has 46 heavy (non-hydrogen) atoms. The first-order chi connectivity index (χ1) is 22.2. The standard InChI is InChI=1S/C31H40F2N8O4S/c1-39-26-17-21(3-4-24(26)28(38-39)25-5-6-27(42)37-29(25)43)20-7-12-40(13-8-20)11-2-16-46(44)41-14-9-22(10-15-41)36-31-34-18-23(19-35-31)45-30(32)33/h3-4,17-20,22,25,30H,2,5-16H2,1H3,(H,34,35,36)(H,37,42,43). The van der Waals surface area contributed by atoms with Crippen molar-refractivity contribution >= 4 is 39.7 Å². The van der Waals surface area contributed by atoms with E-state index >= 15 is 0 Å². The van der Waals surface area contributed by atoms with Gasteiger partial charge in [0.25, 0.3) is 0 Å². The fourth-order valence-electron chi connectivity index (χ4n) is 6.74. The van der Waals surface area contributed by atoms with Gasteiger partial charge >= 0.3 is 6.61 Å². The number of aromatic nitrogens is 4. The average molecular weight is 659 g/mol. The van der Waals surface area contributed by atoms with E-state index in [-0.39, 0.29) is 23.6 Å². The lowest BCUT2D eigenvalue weighted by Crippen LogP contribution is -2.41. The number of likely N-dealkylation sites (tertiary alicyclic amines) is 1. The molecule has 1 aromatic carbocycles. The van der Waals surface area contributed by atoms with Crippen molar-refractivity contribution in [2.75, 3.05) is 43.8 Å². The van der Waals surface area contributed by atoms with Crippen LogP contribution < -0.4 is 15.4 Å². The molecule has 2 atom stereocenters. The summed E-state index contributed by atoms with van der Waals surface area (Å²) in [4.78, 5) is 34.6. The normalized spacial score (nSPS) is 21.5. The zero-order valence-electron chi connectivity index (χ0n) is 25.9. The summed E-state index contributed by atoms with van der Waals surface area (Å²) in [7, 11) is 0.876. The number of piperidine rings is 3. The van der Waals surface area contributed by atoms with Crippen LogP contribution in [0.1, 0.15) is 68.0 Å². The molecular weight excluding hydrogens is 618 g/mol. The van der Waals surface area contributed by atoms with Gasteiger partial charge in [-0.05, 0) is 75.7 Å². The summed E-state index contributed by atoms with van der Waals surface area (Å²) in [6.07, 6.45) is 7.82. The first-order valence-electron chi connectivity index (χ1n) is 15.9. The van der Waals surface area contributed by atoms with E-state index in [1.165, 1.54) is 18.0 Å². The van der Waals surface area contributed by atoms with Gasteiger partial charge in [-0.2, -0.15) is 13.9 Å². The molecular formula is C31H40F2N8O4S. The molecule has 12 nitrogen and oxygen atoms in total. The van der Waals surface area contributed by atoms with Crippen LogP contribution in [-0.4, -0.2) is 96.1 Å². The van der Waals surface area contributed by atoms with Crippen molar-refractivity contribution < 1.29 is 27.3 Å². The molecule has 3 aliphatic heterocycles. The van der Waals surface area contributed by atoms with E-state index in [4.69, 9.17) is 0 Å². The van der Waals surface area contributed by atoms with Crippen LogP contribution in [0.15, 0.2) is 30.6 Å². The number of hydrogen-bond acceptors (Lipinski definition) is 9. The smallest absolute Gasteiger partial charge is 0.387 e. The summed E-state index contributed by atoms with van der Waals surface area (Å²) in [5, 5.41) is 11.3. The lowest BCUT2D eigenvalue weighted by atomic mass is 9.88.